The van der Waals surface area contributed by atoms with Gasteiger partial charge in [-0.15, -0.1) is 0 Å². The molecule has 0 bridgehead atoms. The number of likely N-dealkylation sites (N-methyl/N-ethyl adjacent to an activating group) is 1. The predicted molar refractivity (Wildman–Crippen MR) is 44.7 cm³/mol. The Morgan fingerprint density at radius 2 is 2.13 bits per heavy atom. The van der Waals surface area contributed by atoms with E-state index in [-0.39, 0.29) is 0 Å². The Kier molecular flexibility index (Phi) is 5.08. The largest absolute Gasteiger partial charge is 0.411 e. The van der Waals surface area contributed by atoms with Gasteiger partial charge < -0.3 is 9.64 Å². The van der Waals surface area contributed by atoms with Crippen LogP contribution in [0, 0.1) is 11.3 Å². The quantitative estimate of drug-likeness (QED) is 0.714. The molecule has 1 atom stereocenters. The molecule has 0 radical (unpaired) electrons. The lowest BCUT2D eigenvalue weighted by Gasteiger charge is -2.19. The molecular weight excluding hydrogens is 213 g/mol. The Bertz CT molecular complexity index is 260. The van der Waals surface area contributed by atoms with Crippen LogP contribution in [0.4, 0.5) is 13.2 Å². The Hall–Kier alpha value is -1.29. The van der Waals surface area contributed by atoms with E-state index >= 15 is 0 Å². The highest BCUT2D eigenvalue weighted by molar-refractivity contribution is 5.77. The van der Waals surface area contributed by atoms with Crippen molar-refractivity contribution < 1.29 is 22.7 Å². The van der Waals surface area contributed by atoms with Crippen LogP contribution in [0.5, 0.6) is 0 Å². The van der Waals surface area contributed by atoms with Crippen LogP contribution in [0.25, 0.3) is 0 Å². The summed E-state index contributed by atoms with van der Waals surface area (Å²) >= 11 is 0. The number of hydrogen-bond donors (Lipinski definition) is 0. The summed E-state index contributed by atoms with van der Waals surface area (Å²) in [5, 5.41) is 8.44. The summed E-state index contributed by atoms with van der Waals surface area (Å²) in [6.07, 6.45) is -4.44. The number of carbonyl (C=O) groups excluding carboxylic acids is 1. The second-order valence-corrected chi connectivity index (χ2v) is 2.92. The number of halogens is 3. The molecule has 0 aliphatic carbocycles. The number of alkyl halides is 3. The lowest BCUT2D eigenvalue weighted by Crippen LogP contribution is -2.37. The van der Waals surface area contributed by atoms with E-state index in [1.807, 2.05) is 0 Å². The van der Waals surface area contributed by atoms with Crippen molar-refractivity contribution in [1.82, 2.24) is 4.90 Å². The molecule has 0 spiro atoms. The van der Waals surface area contributed by atoms with Gasteiger partial charge >= 0.3 is 6.18 Å². The first-order chi connectivity index (χ1) is 6.78. The van der Waals surface area contributed by atoms with Crippen molar-refractivity contribution in [3.05, 3.63) is 0 Å². The molecular formula is C8H11F3N2O2. The summed E-state index contributed by atoms with van der Waals surface area (Å²) in [5.74, 6) is -0.659. The SMILES string of the molecule is CC(C#N)N(C)C(=O)COCC(F)(F)F. The van der Waals surface area contributed by atoms with Crippen molar-refractivity contribution in [2.75, 3.05) is 20.3 Å². The third kappa shape index (κ3) is 5.91. The summed E-state index contributed by atoms with van der Waals surface area (Å²) < 4.78 is 39.0. The van der Waals surface area contributed by atoms with Crippen molar-refractivity contribution in [1.29, 1.82) is 5.26 Å². The van der Waals surface area contributed by atoms with Crippen molar-refractivity contribution >= 4 is 5.91 Å². The maximum absolute atomic E-state index is 11.6. The van der Waals surface area contributed by atoms with Crippen LogP contribution in [-0.4, -0.2) is 43.3 Å². The van der Waals surface area contributed by atoms with Gasteiger partial charge in [-0.1, -0.05) is 0 Å². The molecule has 0 aliphatic heterocycles. The predicted octanol–water partition coefficient (Wildman–Crippen LogP) is 0.936. The molecule has 0 aromatic rings. The average Bonchev–Trinajstić information content (AvgIpc) is 2.13. The smallest absolute Gasteiger partial charge is 0.362 e. The molecule has 0 saturated heterocycles. The van der Waals surface area contributed by atoms with Gasteiger partial charge in [-0.25, -0.2) is 0 Å². The fourth-order valence-electron chi connectivity index (χ4n) is 0.658. The number of carbonyl (C=O) groups is 1. The molecule has 0 aliphatic rings. The van der Waals surface area contributed by atoms with E-state index in [0.717, 1.165) is 4.90 Å². The number of nitriles is 1. The van der Waals surface area contributed by atoms with E-state index in [1.54, 1.807) is 6.07 Å². The minimum atomic E-state index is -4.44. The first-order valence-corrected chi connectivity index (χ1v) is 4.07. The molecule has 4 nitrogen and oxygen atoms in total. The number of nitrogens with zero attached hydrogens (tertiary/aromatic N) is 2. The van der Waals surface area contributed by atoms with Crippen molar-refractivity contribution in [3.8, 4) is 6.07 Å². The summed E-state index contributed by atoms with van der Waals surface area (Å²) in [4.78, 5) is 12.1. The molecule has 0 aromatic carbocycles. The summed E-state index contributed by atoms with van der Waals surface area (Å²) in [6.45, 7) is -0.683. The van der Waals surface area contributed by atoms with Gasteiger partial charge in [-0.2, -0.15) is 18.4 Å². The zero-order chi connectivity index (χ0) is 12.1. The van der Waals surface area contributed by atoms with E-state index in [0.29, 0.717) is 0 Å². The van der Waals surface area contributed by atoms with E-state index in [4.69, 9.17) is 5.26 Å². The highest BCUT2D eigenvalue weighted by Gasteiger charge is 2.28. The Morgan fingerprint density at radius 1 is 1.60 bits per heavy atom. The molecule has 15 heavy (non-hydrogen) atoms. The molecule has 86 valence electrons. The Morgan fingerprint density at radius 3 is 2.53 bits per heavy atom. The standard InChI is InChI=1S/C8H11F3N2O2/c1-6(3-12)13(2)7(14)4-15-5-8(9,10)11/h6H,4-5H2,1-2H3. The second kappa shape index (κ2) is 5.56. The third-order valence-electron chi connectivity index (χ3n) is 1.65. The van der Waals surface area contributed by atoms with Gasteiger partial charge in [0.05, 0.1) is 6.07 Å². The van der Waals surface area contributed by atoms with Crippen LogP contribution >= 0.6 is 0 Å². The van der Waals surface area contributed by atoms with Crippen LogP contribution in [0.2, 0.25) is 0 Å². The van der Waals surface area contributed by atoms with Gasteiger partial charge in [0.1, 0.15) is 19.3 Å². The van der Waals surface area contributed by atoms with Crippen LogP contribution in [-0.2, 0) is 9.53 Å². The maximum Gasteiger partial charge on any atom is 0.411 e. The topological polar surface area (TPSA) is 53.3 Å². The lowest BCUT2D eigenvalue weighted by atomic mass is 10.3. The molecule has 0 aromatic heterocycles. The van der Waals surface area contributed by atoms with Gasteiger partial charge in [0.25, 0.3) is 0 Å². The minimum absolute atomic E-state index is 0.659. The zero-order valence-corrected chi connectivity index (χ0v) is 8.34. The van der Waals surface area contributed by atoms with Gasteiger partial charge in [0.2, 0.25) is 5.91 Å². The highest BCUT2D eigenvalue weighted by atomic mass is 19.4. The van der Waals surface area contributed by atoms with Gasteiger partial charge in [-0.05, 0) is 6.92 Å². The van der Waals surface area contributed by atoms with Crippen molar-refractivity contribution in [3.63, 3.8) is 0 Å². The second-order valence-electron chi connectivity index (χ2n) is 2.92. The first-order valence-electron chi connectivity index (χ1n) is 4.07. The summed E-state index contributed by atoms with van der Waals surface area (Å²) in [7, 11) is 1.33. The van der Waals surface area contributed by atoms with Gasteiger partial charge in [0, 0.05) is 7.05 Å². The highest BCUT2D eigenvalue weighted by Crippen LogP contribution is 2.14. The van der Waals surface area contributed by atoms with E-state index in [9.17, 15) is 18.0 Å². The lowest BCUT2D eigenvalue weighted by molar-refractivity contribution is -0.177. The van der Waals surface area contributed by atoms with Crippen LogP contribution in [0.15, 0.2) is 0 Å². The number of hydrogen-bond acceptors (Lipinski definition) is 3. The minimum Gasteiger partial charge on any atom is -0.362 e. The number of amides is 1. The van der Waals surface area contributed by atoms with Crippen LogP contribution in [0.1, 0.15) is 6.92 Å². The fourth-order valence-corrected chi connectivity index (χ4v) is 0.658. The Labute approximate surface area is 85.2 Å². The summed E-state index contributed by atoms with van der Waals surface area (Å²) in [5.41, 5.74) is 0. The fraction of sp³-hybridized carbons (Fsp3) is 0.750. The monoisotopic (exact) mass is 224 g/mol. The van der Waals surface area contributed by atoms with E-state index in [2.05, 4.69) is 4.74 Å². The molecule has 1 amide bonds. The maximum atomic E-state index is 11.6. The summed E-state index contributed by atoms with van der Waals surface area (Å²) in [6, 6.07) is 1.09. The molecule has 0 fully saturated rings. The molecule has 1 unspecified atom stereocenters. The number of ether oxygens (including phenoxy) is 1. The average molecular weight is 224 g/mol. The molecule has 0 rings (SSSR count). The Balaban J connectivity index is 3.91. The van der Waals surface area contributed by atoms with Gasteiger partial charge in [0.15, 0.2) is 0 Å². The number of rotatable bonds is 4. The van der Waals surface area contributed by atoms with Crippen LogP contribution < -0.4 is 0 Å². The first kappa shape index (κ1) is 13.7. The van der Waals surface area contributed by atoms with Crippen LogP contribution in [0.3, 0.4) is 0 Å². The molecule has 7 heteroatoms. The normalized spacial score (nSPS) is 13.1. The molecule has 0 N–H and O–H groups in total. The molecule has 0 heterocycles. The van der Waals surface area contributed by atoms with Crippen molar-refractivity contribution in [2.45, 2.75) is 19.1 Å². The molecule has 0 saturated carbocycles. The third-order valence-corrected chi connectivity index (χ3v) is 1.65. The van der Waals surface area contributed by atoms with E-state index < -0.39 is 31.3 Å². The van der Waals surface area contributed by atoms with Gasteiger partial charge in [-0.3, -0.25) is 4.79 Å². The zero-order valence-electron chi connectivity index (χ0n) is 8.34. The van der Waals surface area contributed by atoms with Crippen molar-refractivity contribution in [2.24, 2.45) is 0 Å². The van der Waals surface area contributed by atoms with E-state index in [1.165, 1.54) is 14.0 Å².